The second-order valence-electron chi connectivity index (χ2n) is 10.2. The number of hydrogen-bond donors (Lipinski definition) is 2. The van der Waals surface area contributed by atoms with Crippen LogP contribution < -0.4 is 5.73 Å². The van der Waals surface area contributed by atoms with E-state index >= 15 is 0 Å². The smallest absolute Gasteiger partial charge is 0.416 e. The third-order valence-electron chi connectivity index (χ3n) is 6.03. The van der Waals surface area contributed by atoms with Crippen molar-refractivity contribution in [2.24, 2.45) is 16.1 Å². The van der Waals surface area contributed by atoms with Crippen molar-refractivity contribution in [1.82, 2.24) is 4.31 Å². The molecule has 2 atom stereocenters. The van der Waals surface area contributed by atoms with Crippen LogP contribution in [0.3, 0.4) is 0 Å². The lowest BCUT2D eigenvalue weighted by Gasteiger charge is -2.33. The molecule has 0 bridgehead atoms. The summed E-state index contributed by atoms with van der Waals surface area (Å²) < 4.78 is 69.3. The molecule has 0 saturated heterocycles. The Balaban J connectivity index is 2.54. The lowest BCUT2D eigenvalue weighted by Crippen LogP contribution is -2.42. The normalized spacial score (nSPS) is 21.0. The van der Waals surface area contributed by atoms with Gasteiger partial charge < -0.3 is 10.8 Å². The standard InChI is InChI=1S/C24H34F3N3O4S/c1-15(12-23(2,3)4)16-9-17(24(25,26)27)11-18(10-16)35(33,34)30(5)21-8-6-7-20(19(21)13-28)29-14-22(31)32/h9-11,13,15,21H,6-8,12,14,28H2,1-5H3,(H,31,32). The van der Waals surface area contributed by atoms with Gasteiger partial charge in [0.2, 0.25) is 10.0 Å². The van der Waals surface area contributed by atoms with Crippen molar-refractivity contribution in [1.29, 1.82) is 0 Å². The van der Waals surface area contributed by atoms with E-state index in [0.717, 1.165) is 10.4 Å². The second-order valence-corrected chi connectivity index (χ2v) is 12.2. The van der Waals surface area contributed by atoms with Crippen LogP contribution in [-0.2, 0) is 21.0 Å². The fraction of sp³-hybridized carbons (Fsp3) is 0.583. The Bertz CT molecular complexity index is 1110. The maximum Gasteiger partial charge on any atom is 0.416 e. The summed E-state index contributed by atoms with van der Waals surface area (Å²) >= 11 is 0. The molecule has 196 valence electrons. The second kappa shape index (κ2) is 10.7. The highest BCUT2D eigenvalue weighted by Crippen LogP contribution is 2.38. The quantitative estimate of drug-likeness (QED) is 0.540. The van der Waals surface area contributed by atoms with Gasteiger partial charge in [-0.1, -0.05) is 27.7 Å². The molecular formula is C24H34F3N3O4S. The number of sulfonamides is 1. The van der Waals surface area contributed by atoms with Crippen LogP contribution in [0.1, 0.15) is 70.4 Å². The summed E-state index contributed by atoms with van der Waals surface area (Å²) in [4.78, 5) is 14.5. The Morgan fingerprint density at radius 3 is 2.43 bits per heavy atom. The van der Waals surface area contributed by atoms with Gasteiger partial charge in [-0.25, -0.2) is 8.42 Å². The average Bonchev–Trinajstić information content (AvgIpc) is 2.74. The Kier molecular flexibility index (Phi) is 8.81. The van der Waals surface area contributed by atoms with Crippen molar-refractivity contribution >= 4 is 21.7 Å². The summed E-state index contributed by atoms with van der Waals surface area (Å²) in [7, 11) is -3.06. The molecule has 0 aliphatic heterocycles. The van der Waals surface area contributed by atoms with E-state index in [2.05, 4.69) is 4.99 Å². The lowest BCUT2D eigenvalue weighted by molar-refractivity contribution is -0.138. The van der Waals surface area contributed by atoms with Gasteiger partial charge in [-0.05, 0) is 60.8 Å². The van der Waals surface area contributed by atoms with Gasteiger partial charge in [-0.15, -0.1) is 0 Å². The summed E-state index contributed by atoms with van der Waals surface area (Å²) in [5.74, 6) is -1.45. The SMILES string of the molecule is CC(CC(C)(C)C)c1cc(C(F)(F)F)cc(S(=O)(=O)N(C)C2CCCC(=NCC(=O)O)C2=CN)c1. The van der Waals surface area contributed by atoms with Crippen molar-refractivity contribution in [3.05, 3.63) is 41.1 Å². The van der Waals surface area contributed by atoms with E-state index in [1.807, 2.05) is 20.8 Å². The molecule has 2 rings (SSSR count). The van der Waals surface area contributed by atoms with Crippen molar-refractivity contribution in [2.45, 2.75) is 76.4 Å². The number of carbonyl (C=O) groups is 1. The summed E-state index contributed by atoms with van der Waals surface area (Å²) in [6.45, 7) is 7.20. The zero-order valence-electron chi connectivity index (χ0n) is 20.7. The topological polar surface area (TPSA) is 113 Å². The van der Waals surface area contributed by atoms with Crippen LogP contribution in [0.2, 0.25) is 0 Å². The summed E-state index contributed by atoms with van der Waals surface area (Å²) in [6.07, 6.45) is -1.63. The minimum Gasteiger partial charge on any atom is -0.480 e. The van der Waals surface area contributed by atoms with Gasteiger partial charge in [0.15, 0.2) is 0 Å². The number of alkyl halides is 3. The van der Waals surface area contributed by atoms with Crippen LogP contribution in [0, 0.1) is 5.41 Å². The van der Waals surface area contributed by atoms with Gasteiger partial charge in [0.1, 0.15) is 6.54 Å². The first-order valence-corrected chi connectivity index (χ1v) is 12.8. The van der Waals surface area contributed by atoms with E-state index in [1.165, 1.54) is 19.3 Å². The zero-order chi connectivity index (χ0) is 26.8. The molecule has 0 aromatic heterocycles. The van der Waals surface area contributed by atoms with Crippen LogP contribution in [0.5, 0.6) is 0 Å². The Labute approximate surface area is 205 Å². The molecule has 0 amide bonds. The average molecular weight is 518 g/mol. The van der Waals surface area contributed by atoms with E-state index in [-0.39, 0.29) is 11.3 Å². The van der Waals surface area contributed by atoms with Gasteiger partial charge in [0.05, 0.1) is 16.5 Å². The fourth-order valence-electron chi connectivity index (χ4n) is 4.46. The molecule has 1 saturated carbocycles. The maximum absolute atomic E-state index is 13.7. The number of benzene rings is 1. The highest BCUT2D eigenvalue weighted by Gasteiger charge is 2.37. The highest BCUT2D eigenvalue weighted by molar-refractivity contribution is 7.89. The van der Waals surface area contributed by atoms with Crippen LogP contribution in [0.4, 0.5) is 13.2 Å². The molecule has 0 spiro atoms. The Morgan fingerprint density at radius 2 is 1.91 bits per heavy atom. The summed E-state index contributed by atoms with van der Waals surface area (Å²) in [5, 5.41) is 8.93. The molecule has 1 aliphatic rings. The fourth-order valence-corrected chi connectivity index (χ4v) is 5.91. The number of nitrogens with two attached hydrogens (primary N) is 1. The number of rotatable bonds is 7. The number of hydrogen-bond acceptors (Lipinski definition) is 5. The molecule has 11 heteroatoms. The molecule has 1 aliphatic carbocycles. The molecule has 3 N–H and O–H groups in total. The largest absolute Gasteiger partial charge is 0.480 e. The molecule has 2 unspecified atom stereocenters. The van der Waals surface area contributed by atoms with Gasteiger partial charge >= 0.3 is 12.1 Å². The minimum atomic E-state index is -4.72. The molecule has 1 fully saturated rings. The maximum atomic E-state index is 13.7. The number of halogens is 3. The van der Waals surface area contributed by atoms with Crippen molar-refractivity contribution in [3.63, 3.8) is 0 Å². The van der Waals surface area contributed by atoms with E-state index in [4.69, 9.17) is 10.8 Å². The van der Waals surface area contributed by atoms with Crippen molar-refractivity contribution < 1.29 is 31.5 Å². The molecule has 0 heterocycles. The van der Waals surface area contributed by atoms with Crippen LogP contribution in [-0.4, -0.2) is 49.1 Å². The van der Waals surface area contributed by atoms with Gasteiger partial charge in [0, 0.05) is 24.5 Å². The molecular weight excluding hydrogens is 483 g/mol. The predicted octanol–water partition coefficient (Wildman–Crippen LogP) is 4.79. The molecule has 1 aromatic carbocycles. The Morgan fingerprint density at radius 1 is 1.29 bits per heavy atom. The van der Waals surface area contributed by atoms with E-state index in [9.17, 15) is 26.4 Å². The van der Waals surface area contributed by atoms with Crippen LogP contribution in [0.15, 0.2) is 39.9 Å². The third-order valence-corrected chi connectivity index (χ3v) is 7.87. The number of aliphatic carboxylic acids is 1. The first-order valence-electron chi connectivity index (χ1n) is 11.3. The van der Waals surface area contributed by atoms with Crippen molar-refractivity contribution in [3.8, 4) is 0 Å². The van der Waals surface area contributed by atoms with Crippen LogP contribution >= 0.6 is 0 Å². The monoisotopic (exact) mass is 517 g/mol. The van der Waals surface area contributed by atoms with E-state index in [0.29, 0.717) is 48.6 Å². The molecule has 1 aromatic rings. The summed E-state index contributed by atoms with van der Waals surface area (Å²) in [5.41, 5.74) is 5.60. The van der Waals surface area contributed by atoms with Gasteiger partial charge in [-0.3, -0.25) is 9.79 Å². The number of carboxylic acids is 1. The van der Waals surface area contributed by atoms with E-state index in [1.54, 1.807) is 6.92 Å². The number of carboxylic acid groups (broad SMARTS) is 1. The minimum absolute atomic E-state index is 0.169. The van der Waals surface area contributed by atoms with E-state index < -0.39 is 45.2 Å². The first kappa shape index (κ1) is 28.8. The predicted molar refractivity (Wildman–Crippen MR) is 129 cm³/mol. The van der Waals surface area contributed by atoms with Crippen molar-refractivity contribution in [2.75, 3.05) is 13.6 Å². The molecule has 0 radical (unpaired) electrons. The summed E-state index contributed by atoms with van der Waals surface area (Å²) in [6, 6.07) is 2.20. The van der Waals surface area contributed by atoms with Crippen LogP contribution in [0.25, 0.3) is 0 Å². The zero-order valence-corrected chi connectivity index (χ0v) is 21.5. The third kappa shape index (κ3) is 7.30. The Hall–Kier alpha value is -2.40. The molecule has 35 heavy (non-hydrogen) atoms. The van der Waals surface area contributed by atoms with Gasteiger partial charge in [0.25, 0.3) is 0 Å². The first-order chi connectivity index (χ1) is 16.0. The highest BCUT2D eigenvalue weighted by atomic mass is 32.2. The molecule has 7 nitrogen and oxygen atoms in total. The number of nitrogens with zero attached hydrogens (tertiary/aromatic N) is 2. The number of aliphatic imine (C=N–C) groups is 1. The number of likely N-dealkylation sites (N-methyl/N-ethyl adjacent to an activating group) is 1. The lowest BCUT2D eigenvalue weighted by atomic mass is 9.82. The van der Waals surface area contributed by atoms with Gasteiger partial charge in [-0.2, -0.15) is 17.5 Å².